The maximum atomic E-state index is 16.3. The molecule has 2 saturated carbocycles. The minimum absolute atomic E-state index is 0.00624. The molecule has 8 heterocycles. The van der Waals surface area contributed by atoms with Gasteiger partial charge < -0.3 is 67.9 Å². The average molecular weight is 1360 g/mol. The first kappa shape index (κ1) is 69.0. The van der Waals surface area contributed by atoms with Crippen LogP contribution in [0.25, 0.3) is 21.8 Å². The van der Waals surface area contributed by atoms with Crippen molar-refractivity contribution in [1.29, 1.82) is 0 Å². The summed E-state index contributed by atoms with van der Waals surface area (Å²) in [5.41, 5.74) is 2.42. The molecule has 24 heteroatoms. The molecule has 520 valence electrons. The van der Waals surface area contributed by atoms with Gasteiger partial charge in [-0.2, -0.15) is 0 Å². The summed E-state index contributed by atoms with van der Waals surface area (Å²) >= 11 is 0. The van der Waals surface area contributed by atoms with Crippen LogP contribution in [0.2, 0.25) is 0 Å². The van der Waals surface area contributed by atoms with E-state index in [0.717, 1.165) is 25.7 Å². The normalized spacial score (nSPS) is 20.1. The molecular weight excluding hydrogens is 1270 g/mol. The van der Waals surface area contributed by atoms with E-state index < -0.39 is 64.0 Å². The van der Waals surface area contributed by atoms with Gasteiger partial charge in [-0.25, -0.2) is 18.4 Å². The number of aromatic carboxylic acids is 1. The number of carboxylic acids is 2. The Bertz CT molecular complexity index is 4740. The highest BCUT2D eigenvalue weighted by atomic mass is 19.1. The van der Waals surface area contributed by atoms with Crippen molar-refractivity contribution in [1.82, 2.24) is 28.9 Å². The highest BCUT2D eigenvalue weighted by molar-refractivity contribution is 6.09. The number of ether oxygens (including phenoxy) is 4. The van der Waals surface area contributed by atoms with E-state index in [4.69, 9.17) is 18.9 Å². The van der Waals surface area contributed by atoms with Crippen molar-refractivity contribution >= 4 is 68.6 Å². The van der Waals surface area contributed by atoms with Gasteiger partial charge in [0.1, 0.15) is 33.3 Å². The first-order valence-corrected chi connectivity index (χ1v) is 33.6. The number of rotatable bonds is 16. The first-order chi connectivity index (χ1) is 47.3. The second-order valence-corrected chi connectivity index (χ2v) is 27.1. The summed E-state index contributed by atoms with van der Waals surface area (Å²) in [4.78, 5) is 107. The zero-order valence-corrected chi connectivity index (χ0v) is 57.2. The monoisotopic (exact) mass is 1360 g/mol. The zero-order chi connectivity index (χ0) is 70.8. The third-order valence-electron chi connectivity index (χ3n) is 20.6. The van der Waals surface area contributed by atoms with E-state index in [1.54, 1.807) is 102 Å². The summed E-state index contributed by atoms with van der Waals surface area (Å²) in [5, 5.41) is 25.9. The number of carbonyl (C=O) groups is 6. The molecule has 4 aliphatic heterocycles. The summed E-state index contributed by atoms with van der Waals surface area (Å²) in [7, 11) is 2.94. The second-order valence-electron chi connectivity index (χ2n) is 27.1. The number of halogens is 2. The Morgan fingerprint density at radius 3 is 1.38 bits per heavy atom. The number of nitrogens with zero attached hydrogens (tertiary/aromatic N) is 6. The third-order valence-corrected chi connectivity index (χ3v) is 20.6. The lowest BCUT2D eigenvalue weighted by molar-refractivity contribution is -0.158. The Morgan fingerprint density at radius 2 is 0.980 bits per heavy atom. The van der Waals surface area contributed by atoms with E-state index in [-0.39, 0.29) is 74.5 Å². The maximum absolute atomic E-state index is 16.3. The molecule has 4 N–H and O–H groups in total. The van der Waals surface area contributed by atoms with Crippen molar-refractivity contribution in [2.75, 3.05) is 70.1 Å². The predicted molar refractivity (Wildman–Crippen MR) is 368 cm³/mol. The number of ketones is 2. The van der Waals surface area contributed by atoms with E-state index in [1.807, 2.05) is 66.2 Å². The first-order valence-electron chi connectivity index (χ1n) is 33.6. The molecule has 2 saturated heterocycles. The molecule has 2 aliphatic carbocycles. The van der Waals surface area contributed by atoms with Crippen LogP contribution in [0.5, 0.6) is 11.5 Å². The third kappa shape index (κ3) is 12.1. The van der Waals surface area contributed by atoms with E-state index in [9.17, 15) is 48.6 Å². The molecule has 0 radical (unpaired) electrons. The van der Waals surface area contributed by atoms with Crippen molar-refractivity contribution < 1.29 is 66.7 Å². The minimum atomic E-state index is -1.29. The van der Waals surface area contributed by atoms with Gasteiger partial charge in [0.15, 0.2) is 23.1 Å². The van der Waals surface area contributed by atoms with Gasteiger partial charge in [0, 0.05) is 122 Å². The smallest absolute Gasteiger partial charge is 0.346 e. The number of hydrogen-bond donors (Lipinski definition) is 4. The van der Waals surface area contributed by atoms with Gasteiger partial charge in [0.2, 0.25) is 29.2 Å². The summed E-state index contributed by atoms with van der Waals surface area (Å²) in [6.07, 6.45) is 4.33. The number of nitrogens with one attached hydrogen (secondary N) is 2. The van der Waals surface area contributed by atoms with Gasteiger partial charge in [-0.05, 0) is 118 Å². The molecule has 99 heavy (non-hydrogen) atoms. The molecule has 4 fully saturated rings. The fourth-order valence-electron chi connectivity index (χ4n) is 15.0. The summed E-state index contributed by atoms with van der Waals surface area (Å²) in [6, 6.07) is 25.3. The number of carbonyl (C=O) groups excluding carboxylic acids is 4. The van der Waals surface area contributed by atoms with Crippen LogP contribution in [0, 0.1) is 39.3 Å². The molecule has 4 unspecified atom stereocenters. The van der Waals surface area contributed by atoms with Gasteiger partial charge in [-0.1, -0.05) is 60.7 Å². The largest absolute Gasteiger partial charge is 0.492 e. The van der Waals surface area contributed by atoms with Gasteiger partial charge >= 0.3 is 23.9 Å². The van der Waals surface area contributed by atoms with E-state index in [2.05, 4.69) is 10.6 Å². The minimum Gasteiger partial charge on any atom is -0.492 e. The van der Waals surface area contributed by atoms with Crippen molar-refractivity contribution in [2.45, 2.75) is 142 Å². The number of anilines is 2. The number of aromatic nitrogens is 4. The summed E-state index contributed by atoms with van der Waals surface area (Å²) in [5.74, 6) is -4.45. The molecule has 14 rings (SSSR count). The van der Waals surface area contributed by atoms with Crippen LogP contribution in [-0.4, -0.2) is 136 Å². The Kier molecular flexibility index (Phi) is 18.9. The number of methoxy groups -OCH3 is 2. The highest BCUT2D eigenvalue weighted by Crippen LogP contribution is 2.49. The Balaban J connectivity index is 0.000000159. The number of aryl methyl sites for hydroxylation is 2. The average Bonchev–Trinajstić information content (AvgIpc) is 1.68. The molecule has 4 aromatic carbocycles. The predicted octanol–water partition coefficient (Wildman–Crippen LogP) is 10.0. The number of aliphatic carboxylic acids is 1. The van der Waals surface area contributed by atoms with E-state index in [0.29, 0.717) is 139 Å². The van der Waals surface area contributed by atoms with Crippen LogP contribution < -0.4 is 40.8 Å². The molecule has 0 amide bonds. The Morgan fingerprint density at radius 1 is 0.566 bits per heavy atom. The SMILES string of the molecule is CC1(C(=O)O)CCn2c(C(=O)c3ccccc3)ccc21.COc1c(N2CCNC(C)C2)c(F)c(C)c2c(=O)c(C(=O)O)c(C)n(C3CC3)c12.COc1c(N2CCNC(C)C2)c(F)c(C)c2c(=O)c(C(=O)OCOC(=O)C3(C)CCn4c(C(=O)c5ccccc5)ccc43)c(C)n(C3CC3)c12. The molecule has 0 bridgehead atoms. The van der Waals surface area contributed by atoms with Crippen LogP contribution >= 0.6 is 0 Å². The van der Waals surface area contributed by atoms with Gasteiger partial charge in [-0.3, -0.25) is 28.8 Å². The number of piperazine rings is 2. The summed E-state index contributed by atoms with van der Waals surface area (Å²) in [6.45, 7) is 17.9. The van der Waals surface area contributed by atoms with Gasteiger partial charge in [-0.15, -0.1) is 0 Å². The van der Waals surface area contributed by atoms with Gasteiger partial charge in [0.25, 0.3) is 0 Å². The standard InChI is InChI=1S/C38H41FN4O7.C21H26FN3O4.C16H15NO3/c1-21-19-41(18-16-40-21)32-30(39)22(2)28-31(35(32)48-5)43(25-11-12-25)23(3)29(34(28)45)36(46)49-20-50-37(47)38(4)15-17-42-26(13-14-27(38)42)33(44)24-9-7-6-8-10-24;1-10-9-24(8-7-23-10)18-16(22)11(2)14-17(20(18)29-4)25(13-5-6-13)12(3)15(19(14)26)21(27)28;1-16(15(19)20)9-10-17-12(7-8-13(16)17)14(18)11-5-3-2-4-6-11/h6-10,13-14,21,25,40H,11-12,15-20H2,1-5H3;10,13,23H,5-9H2,1-4H3,(H,27,28);2-8H,9-10H2,1H3,(H,19,20). The number of benzene rings is 4. The number of pyridine rings is 2. The fraction of sp³-hybridized carbons (Fsp3) is 0.413. The lowest BCUT2D eigenvalue weighted by Crippen LogP contribution is -2.49. The quantitative estimate of drug-likeness (QED) is 0.0398. The fourth-order valence-corrected chi connectivity index (χ4v) is 15.0. The molecule has 4 atom stereocenters. The van der Waals surface area contributed by atoms with Crippen molar-refractivity contribution in [3.05, 3.63) is 185 Å². The maximum Gasteiger partial charge on any atom is 0.346 e. The molecule has 22 nitrogen and oxygen atoms in total. The second kappa shape index (κ2) is 27.1. The highest BCUT2D eigenvalue weighted by Gasteiger charge is 2.46. The van der Waals surface area contributed by atoms with E-state index >= 15 is 8.78 Å². The topological polar surface area (TPSA) is 264 Å². The van der Waals surface area contributed by atoms with Crippen LogP contribution in [0.15, 0.2) is 94.5 Å². The number of carboxylic acid groups (broad SMARTS) is 2. The van der Waals surface area contributed by atoms with Crippen molar-refractivity contribution in [3.8, 4) is 11.5 Å². The Labute approximate surface area is 570 Å². The van der Waals surface area contributed by atoms with E-state index in [1.165, 1.54) is 14.2 Å². The van der Waals surface area contributed by atoms with Crippen LogP contribution in [-0.2, 0) is 43.0 Å². The van der Waals surface area contributed by atoms with Crippen LogP contribution in [0.3, 0.4) is 0 Å². The molecule has 4 aromatic heterocycles. The lowest BCUT2D eigenvalue weighted by atomic mass is 9.86. The van der Waals surface area contributed by atoms with Crippen molar-refractivity contribution in [2.24, 2.45) is 0 Å². The van der Waals surface area contributed by atoms with Crippen LogP contribution in [0.4, 0.5) is 20.2 Å². The molecule has 8 aromatic rings. The number of hydrogen-bond acceptors (Lipinski definition) is 16. The number of fused-ring (bicyclic) bond motifs is 4. The molecular formula is C75H82F2N8O14. The summed E-state index contributed by atoms with van der Waals surface area (Å²) < 4.78 is 61.8. The number of esters is 2. The Hall–Kier alpha value is -9.94. The molecule has 6 aliphatic rings. The molecule has 0 spiro atoms. The van der Waals surface area contributed by atoms with Gasteiger partial charge in [0.05, 0.1) is 47.4 Å². The zero-order valence-electron chi connectivity index (χ0n) is 57.2. The van der Waals surface area contributed by atoms with Crippen LogP contribution in [0.1, 0.15) is 165 Å². The lowest BCUT2D eigenvalue weighted by Gasteiger charge is -2.35. The van der Waals surface area contributed by atoms with Crippen molar-refractivity contribution in [3.63, 3.8) is 0 Å².